The van der Waals surface area contributed by atoms with Gasteiger partial charge in [0.25, 0.3) is 5.91 Å². The molecule has 0 saturated heterocycles. The van der Waals surface area contributed by atoms with Crippen LogP contribution in [0.1, 0.15) is 22.3 Å². The van der Waals surface area contributed by atoms with Gasteiger partial charge in [0.1, 0.15) is 17.2 Å². The van der Waals surface area contributed by atoms with Crippen LogP contribution in [0.15, 0.2) is 12.1 Å². The molecule has 0 aliphatic heterocycles. The molecule has 6 heteroatoms. The minimum Gasteiger partial charge on any atom is -0.383 e. The van der Waals surface area contributed by atoms with Crippen LogP contribution in [0.4, 0.5) is 8.78 Å². The monoisotopic (exact) mass is 335 g/mol. The zero-order chi connectivity index (χ0) is 14.4. The Bertz CT molecular complexity index is 449. The first-order valence-electron chi connectivity index (χ1n) is 5.81. The van der Waals surface area contributed by atoms with E-state index in [2.05, 4.69) is 21.2 Å². The zero-order valence-electron chi connectivity index (χ0n) is 10.8. The number of rotatable bonds is 6. The molecule has 0 saturated carbocycles. The summed E-state index contributed by atoms with van der Waals surface area (Å²) >= 11 is 3.25. The van der Waals surface area contributed by atoms with Gasteiger partial charge in [0, 0.05) is 12.4 Å². The molecule has 0 aliphatic rings. The smallest absolute Gasteiger partial charge is 0.257 e. The molecule has 1 atom stereocenters. The van der Waals surface area contributed by atoms with Gasteiger partial charge in [-0.05, 0) is 25.0 Å². The van der Waals surface area contributed by atoms with Crippen molar-refractivity contribution in [2.75, 3.05) is 19.0 Å². The highest BCUT2D eigenvalue weighted by Gasteiger charge is 2.21. The van der Waals surface area contributed by atoms with E-state index in [0.29, 0.717) is 11.8 Å². The van der Waals surface area contributed by atoms with Crippen LogP contribution >= 0.6 is 15.9 Å². The molecule has 1 rings (SSSR count). The largest absolute Gasteiger partial charge is 0.383 e. The molecule has 3 nitrogen and oxygen atoms in total. The van der Waals surface area contributed by atoms with Crippen molar-refractivity contribution in [1.29, 1.82) is 0 Å². The van der Waals surface area contributed by atoms with Crippen molar-refractivity contribution >= 4 is 21.8 Å². The lowest BCUT2D eigenvalue weighted by molar-refractivity contribution is 0.0887. The first kappa shape index (κ1) is 16.0. The molecular formula is C13H16BrF2NO2. The topological polar surface area (TPSA) is 38.3 Å². The molecule has 1 aromatic rings. The summed E-state index contributed by atoms with van der Waals surface area (Å²) in [4.78, 5) is 11.9. The molecule has 0 bridgehead atoms. The highest BCUT2D eigenvalue weighted by Crippen LogP contribution is 2.16. The number of halogens is 3. The predicted molar refractivity (Wildman–Crippen MR) is 72.6 cm³/mol. The predicted octanol–water partition coefficient (Wildman–Crippen LogP) is 2.80. The van der Waals surface area contributed by atoms with Gasteiger partial charge in [-0.15, -0.1) is 0 Å². The number of nitrogens with one attached hydrogen (secondary N) is 1. The van der Waals surface area contributed by atoms with Gasteiger partial charge in [-0.3, -0.25) is 4.79 Å². The number of carbonyl (C=O) groups is 1. The van der Waals surface area contributed by atoms with Gasteiger partial charge >= 0.3 is 0 Å². The fraction of sp³-hybridized carbons (Fsp3) is 0.462. The second kappa shape index (κ2) is 7.55. The number of aryl methyl sites for hydroxylation is 1. The van der Waals surface area contributed by atoms with Crippen molar-refractivity contribution in [2.24, 2.45) is 0 Å². The third kappa shape index (κ3) is 4.24. The number of methoxy groups -OCH3 is 1. The summed E-state index contributed by atoms with van der Waals surface area (Å²) in [5.74, 6) is -2.45. The highest BCUT2D eigenvalue weighted by molar-refractivity contribution is 9.09. The Hall–Kier alpha value is -1.01. The summed E-state index contributed by atoms with van der Waals surface area (Å²) in [6.07, 6.45) is 0.606. The number of hydrogen-bond acceptors (Lipinski definition) is 2. The summed E-state index contributed by atoms with van der Waals surface area (Å²) in [5, 5.41) is 3.22. The molecule has 1 unspecified atom stereocenters. The summed E-state index contributed by atoms with van der Waals surface area (Å²) in [5.41, 5.74) is -0.314. The van der Waals surface area contributed by atoms with Crippen molar-refractivity contribution in [2.45, 2.75) is 19.4 Å². The lowest BCUT2D eigenvalue weighted by atomic mass is 10.1. The molecular weight excluding hydrogens is 320 g/mol. The van der Waals surface area contributed by atoms with E-state index in [0.717, 1.165) is 6.07 Å². The normalized spacial score (nSPS) is 12.3. The van der Waals surface area contributed by atoms with Gasteiger partial charge in [-0.1, -0.05) is 22.0 Å². The van der Waals surface area contributed by atoms with Crippen molar-refractivity contribution in [3.05, 3.63) is 34.9 Å². The van der Waals surface area contributed by atoms with Gasteiger partial charge in [0.15, 0.2) is 0 Å². The Balaban J connectivity index is 2.91. The third-order valence-corrected chi connectivity index (χ3v) is 3.13. The standard InChI is InChI=1S/C13H16BrF2NO2/c1-8-3-4-10(15)11(12(8)16)13(18)17-9(5-6-14)7-19-2/h3-4,9H,5-7H2,1-2H3,(H,17,18). The third-order valence-electron chi connectivity index (χ3n) is 2.67. The first-order chi connectivity index (χ1) is 9.01. The van der Waals surface area contributed by atoms with Crippen LogP contribution in [0.2, 0.25) is 0 Å². The fourth-order valence-electron chi connectivity index (χ4n) is 1.65. The summed E-state index contributed by atoms with van der Waals surface area (Å²) in [7, 11) is 1.50. The number of alkyl halides is 1. The van der Waals surface area contributed by atoms with Crippen LogP contribution in [0.3, 0.4) is 0 Å². The zero-order valence-corrected chi connectivity index (χ0v) is 12.4. The Morgan fingerprint density at radius 3 is 2.74 bits per heavy atom. The van der Waals surface area contributed by atoms with E-state index < -0.39 is 23.1 Å². The van der Waals surface area contributed by atoms with Gasteiger partial charge < -0.3 is 10.1 Å². The summed E-state index contributed by atoms with van der Waals surface area (Å²) in [6.45, 7) is 1.77. The van der Waals surface area contributed by atoms with Gasteiger partial charge in [-0.25, -0.2) is 8.78 Å². The van der Waals surface area contributed by atoms with Crippen molar-refractivity contribution in [3.8, 4) is 0 Å². The van der Waals surface area contributed by atoms with Crippen LogP contribution < -0.4 is 5.32 Å². The average Bonchev–Trinajstić information content (AvgIpc) is 2.35. The first-order valence-corrected chi connectivity index (χ1v) is 6.93. The number of amides is 1. The van der Waals surface area contributed by atoms with Gasteiger partial charge in [-0.2, -0.15) is 0 Å². The van der Waals surface area contributed by atoms with Crippen LogP contribution in [-0.4, -0.2) is 31.0 Å². The minimum absolute atomic E-state index is 0.232. The van der Waals surface area contributed by atoms with Crippen LogP contribution in [0.5, 0.6) is 0 Å². The maximum atomic E-state index is 13.8. The van der Waals surface area contributed by atoms with Gasteiger partial charge in [0.2, 0.25) is 0 Å². The Morgan fingerprint density at radius 1 is 1.47 bits per heavy atom. The number of carbonyl (C=O) groups excluding carboxylic acids is 1. The molecule has 0 aliphatic carbocycles. The molecule has 0 heterocycles. The number of benzene rings is 1. The van der Waals surface area contributed by atoms with Gasteiger partial charge in [0.05, 0.1) is 12.6 Å². The highest BCUT2D eigenvalue weighted by atomic mass is 79.9. The molecule has 106 valence electrons. The quantitative estimate of drug-likeness (QED) is 0.812. The molecule has 0 radical (unpaired) electrons. The average molecular weight is 336 g/mol. The van der Waals surface area contributed by atoms with E-state index in [1.807, 2.05) is 0 Å². The summed E-state index contributed by atoms with van der Waals surface area (Å²) in [6, 6.07) is 2.09. The lowest BCUT2D eigenvalue weighted by Crippen LogP contribution is -2.39. The maximum Gasteiger partial charge on any atom is 0.257 e. The number of ether oxygens (including phenoxy) is 1. The molecule has 1 aromatic carbocycles. The van der Waals surface area contributed by atoms with Crippen molar-refractivity contribution < 1.29 is 18.3 Å². The van der Waals surface area contributed by atoms with E-state index in [1.165, 1.54) is 20.1 Å². The second-order valence-electron chi connectivity index (χ2n) is 4.16. The Morgan fingerprint density at radius 2 is 2.16 bits per heavy atom. The molecule has 19 heavy (non-hydrogen) atoms. The minimum atomic E-state index is -0.865. The SMILES string of the molecule is COCC(CCBr)NC(=O)c1c(F)ccc(C)c1F. The van der Waals surface area contributed by atoms with Crippen LogP contribution in [-0.2, 0) is 4.74 Å². The van der Waals surface area contributed by atoms with E-state index in [4.69, 9.17) is 4.74 Å². The van der Waals surface area contributed by atoms with Crippen LogP contribution in [0.25, 0.3) is 0 Å². The number of hydrogen-bond donors (Lipinski definition) is 1. The van der Waals surface area contributed by atoms with E-state index in [-0.39, 0.29) is 18.2 Å². The Kier molecular flexibility index (Phi) is 6.37. The van der Waals surface area contributed by atoms with E-state index in [1.54, 1.807) is 0 Å². The Labute approximate surface area is 119 Å². The molecule has 0 spiro atoms. The molecule has 0 fully saturated rings. The fourth-order valence-corrected chi connectivity index (χ4v) is 2.21. The maximum absolute atomic E-state index is 13.8. The van der Waals surface area contributed by atoms with Crippen molar-refractivity contribution in [3.63, 3.8) is 0 Å². The molecule has 0 aromatic heterocycles. The second-order valence-corrected chi connectivity index (χ2v) is 4.95. The summed E-state index contributed by atoms with van der Waals surface area (Å²) < 4.78 is 32.3. The molecule has 1 amide bonds. The lowest BCUT2D eigenvalue weighted by Gasteiger charge is -2.17. The van der Waals surface area contributed by atoms with E-state index >= 15 is 0 Å². The van der Waals surface area contributed by atoms with Crippen LogP contribution in [0, 0.1) is 18.6 Å². The van der Waals surface area contributed by atoms with E-state index in [9.17, 15) is 13.6 Å². The van der Waals surface area contributed by atoms with Crippen molar-refractivity contribution in [1.82, 2.24) is 5.32 Å². The molecule has 1 N–H and O–H groups in total.